The topological polar surface area (TPSA) is 12.0 Å². The van der Waals surface area contributed by atoms with Gasteiger partial charge in [0, 0.05) is 0 Å². The van der Waals surface area contributed by atoms with Crippen molar-refractivity contribution in [1.29, 1.82) is 0 Å². The fourth-order valence-electron chi connectivity index (χ4n) is 4.12. The fraction of sp³-hybridized carbons (Fsp3) is 0.250. The number of benzene rings is 3. The Morgan fingerprint density at radius 3 is 1.30 bits per heavy atom. The van der Waals surface area contributed by atoms with Crippen LogP contribution in [-0.2, 0) is 0 Å². The van der Waals surface area contributed by atoms with Gasteiger partial charge in [0.05, 0.1) is 0 Å². The van der Waals surface area contributed by atoms with Gasteiger partial charge in [0.25, 0.3) is 0 Å². The van der Waals surface area contributed by atoms with Crippen molar-refractivity contribution in [3.63, 3.8) is 0 Å². The molecule has 0 aliphatic rings. The zero-order valence-corrected chi connectivity index (χ0v) is 19.4. The molecule has 3 rings (SSSR count). The molecule has 1 nitrogen and oxygen atoms in total. The van der Waals surface area contributed by atoms with Crippen LogP contribution in [0.3, 0.4) is 0 Å². The summed E-state index contributed by atoms with van der Waals surface area (Å²) in [5.41, 5.74) is 0. The van der Waals surface area contributed by atoms with Crippen LogP contribution in [0.4, 0.5) is 0 Å². The minimum atomic E-state index is -2.66. The number of halogens is 1. The second-order valence-corrected chi connectivity index (χ2v) is 18.3. The van der Waals surface area contributed by atoms with E-state index in [4.69, 9.17) is 0 Å². The van der Waals surface area contributed by atoms with E-state index in [0.29, 0.717) is 12.1 Å². The summed E-state index contributed by atoms with van der Waals surface area (Å²) in [6.07, 6.45) is 1.09. The van der Waals surface area contributed by atoms with E-state index in [1.54, 1.807) is 0 Å². The molecule has 0 spiro atoms. The Balaban J connectivity index is 2.32. The fourth-order valence-corrected chi connectivity index (χ4v) is 13.8. The average Bonchev–Trinajstić information content (AvgIpc) is 2.69. The van der Waals surface area contributed by atoms with Crippen molar-refractivity contribution in [2.24, 2.45) is 0 Å². The first kappa shape index (κ1) is 20.5. The van der Waals surface area contributed by atoms with Crippen LogP contribution >= 0.6 is 26.3 Å². The van der Waals surface area contributed by atoms with Gasteiger partial charge in [-0.3, -0.25) is 0 Å². The summed E-state index contributed by atoms with van der Waals surface area (Å²) >= 11 is 2.86. The van der Waals surface area contributed by atoms with Crippen molar-refractivity contribution in [3.8, 4) is 0 Å². The van der Waals surface area contributed by atoms with Gasteiger partial charge in [0.15, 0.2) is 0 Å². The molecule has 3 aromatic carbocycles. The Kier molecular flexibility index (Phi) is 6.40. The van der Waals surface area contributed by atoms with Crippen molar-refractivity contribution in [3.05, 3.63) is 91.0 Å². The van der Waals surface area contributed by atoms with Crippen molar-refractivity contribution in [1.82, 2.24) is 5.32 Å². The van der Waals surface area contributed by atoms with Crippen LogP contribution in [0.2, 0.25) is 0 Å². The Morgan fingerprint density at radius 1 is 0.667 bits per heavy atom. The average molecular weight is 489 g/mol. The maximum atomic E-state index is 3.76. The molecule has 3 heteroatoms. The molecule has 1 atom stereocenters. The minimum absolute atomic E-state index is 0.403. The van der Waals surface area contributed by atoms with E-state index >= 15 is 0 Å². The normalized spacial score (nSPS) is 14.5. The van der Waals surface area contributed by atoms with Crippen molar-refractivity contribution in [2.75, 3.05) is 6.16 Å². The summed E-state index contributed by atoms with van der Waals surface area (Å²) in [6.45, 7) is 6.79. The number of hydrogen-bond donors (Lipinski definition) is 1. The third kappa shape index (κ3) is 3.99. The molecule has 3 aromatic rings. The van der Waals surface area contributed by atoms with Gasteiger partial charge in [-0.05, 0) is 0 Å². The monoisotopic (exact) mass is 489 g/mol. The van der Waals surface area contributed by atoms with Gasteiger partial charge < -0.3 is 0 Å². The Morgan fingerprint density at radius 2 is 1.00 bits per heavy atom. The van der Waals surface area contributed by atoms with Crippen LogP contribution in [0, 0.1) is 0 Å². The van der Waals surface area contributed by atoms with Crippen molar-refractivity contribution >= 4 is 42.2 Å². The van der Waals surface area contributed by atoms with Gasteiger partial charge >= 0.3 is 178 Å². The predicted molar refractivity (Wildman–Crippen MR) is 132 cm³/mol. The van der Waals surface area contributed by atoms with Crippen LogP contribution in [0.15, 0.2) is 91.0 Å². The molecule has 0 saturated heterocycles. The molecule has 142 valence electrons. The second-order valence-electron chi connectivity index (χ2n) is 7.59. The summed E-state index contributed by atoms with van der Waals surface area (Å²) in [4.78, 5) is 0. The second kappa shape index (κ2) is 8.43. The summed E-state index contributed by atoms with van der Waals surface area (Å²) in [7, 11) is 0. The zero-order valence-electron chi connectivity index (χ0n) is 16.3. The SMILES string of the molecule is CC(C)NC(C)CP(I)(c1ccccc1)(c1ccccc1)c1ccccc1. The molecule has 27 heavy (non-hydrogen) atoms. The van der Waals surface area contributed by atoms with Crippen LogP contribution in [0.1, 0.15) is 20.8 Å². The molecule has 1 N–H and O–H groups in total. The van der Waals surface area contributed by atoms with Gasteiger partial charge in [-0.25, -0.2) is 0 Å². The van der Waals surface area contributed by atoms with Crippen molar-refractivity contribution in [2.45, 2.75) is 32.9 Å². The molecule has 0 radical (unpaired) electrons. The van der Waals surface area contributed by atoms with Crippen LogP contribution in [-0.4, -0.2) is 18.2 Å². The molecule has 0 aromatic heterocycles. The van der Waals surface area contributed by atoms with E-state index in [9.17, 15) is 0 Å². The van der Waals surface area contributed by atoms with E-state index in [1.165, 1.54) is 15.9 Å². The quantitative estimate of drug-likeness (QED) is 0.353. The summed E-state index contributed by atoms with van der Waals surface area (Å²) < 4.78 is -2.66. The maximum absolute atomic E-state index is 3.76. The molecule has 0 fully saturated rings. The van der Waals surface area contributed by atoms with E-state index in [0.717, 1.165) is 6.16 Å². The van der Waals surface area contributed by atoms with E-state index in [2.05, 4.69) is 139 Å². The molecule has 0 saturated carbocycles. The first-order valence-electron chi connectivity index (χ1n) is 9.61. The van der Waals surface area contributed by atoms with Gasteiger partial charge in [-0.2, -0.15) is 0 Å². The Bertz CT molecular complexity index is 750. The molecule has 0 heterocycles. The summed E-state index contributed by atoms with van der Waals surface area (Å²) in [5, 5.41) is 8.09. The van der Waals surface area contributed by atoms with Crippen LogP contribution in [0.5, 0.6) is 0 Å². The summed E-state index contributed by atoms with van der Waals surface area (Å²) in [5.74, 6) is 0. The van der Waals surface area contributed by atoms with Crippen molar-refractivity contribution < 1.29 is 0 Å². The number of nitrogens with one attached hydrogen (secondary N) is 1. The Labute approximate surface area is 177 Å². The standard InChI is InChI=1S/C24H29INP/c1-20(2)26-21(3)19-27(25,22-13-7-4-8-14-22,23-15-9-5-10-16-23)24-17-11-6-12-18-24/h4-18,20-21,26H,19H2,1-3H3. The molecule has 1 unspecified atom stereocenters. The van der Waals surface area contributed by atoms with Crippen LogP contribution < -0.4 is 21.2 Å². The third-order valence-electron chi connectivity index (χ3n) is 5.12. The third-order valence-corrected chi connectivity index (χ3v) is 16.7. The van der Waals surface area contributed by atoms with Crippen LogP contribution in [0.25, 0.3) is 0 Å². The molecule has 0 amide bonds. The first-order chi connectivity index (χ1) is 12.9. The van der Waals surface area contributed by atoms with Gasteiger partial charge in [0.2, 0.25) is 0 Å². The van der Waals surface area contributed by atoms with E-state index in [-0.39, 0.29) is 0 Å². The molecular weight excluding hydrogens is 460 g/mol. The number of hydrogen-bond acceptors (Lipinski definition) is 1. The Hall–Kier alpha value is -1.22. The molecule has 0 aliphatic heterocycles. The summed E-state index contributed by atoms with van der Waals surface area (Å²) in [6, 6.07) is 34.3. The van der Waals surface area contributed by atoms with E-state index in [1.807, 2.05) is 0 Å². The van der Waals surface area contributed by atoms with Gasteiger partial charge in [-0.1, -0.05) is 0 Å². The molecule has 0 bridgehead atoms. The first-order valence-corrected chi connectivity index (χ1v) is 14.8. The van der Waals surface area contributed by atoms with E-state index < -0.39 is 4.25 Å². The van der Waals surface area contributed by atoms with Gasteiger partial charge in [0.1, 0.15) is 0 Å². The van der Waals surface area contributed by atoms with Gasteiger partial charge in [-0.15, -0.1) is 0 Å². The molecular formula is C24H29INP. The zero-order chi connectivity index (χ0) is 19.4. The number of rotatable bonds is 7. The molecule has 0 aliphatic carbocycles. The predicted octanol–water partition coefficient (Wildman–Crippen LogP) is 5.25.